The Morgan fingerprint density at radius 1 is 1.20 bits per heavy atom. The fourth-order valence-corrected chi connectivity index (χ4v) is 3.38. The van der Waals surface area contributed by atoms with Gasteiger partial charge in [0.1, 0.15) is 12.3 Å². The van der Waals surface area contributed by atoms with Crippen molar-refractivity contribution in [3.05, 3.63) is 76.2 Å². The zero-order valence-electron chi connectivity index (χ0n) is 16.4. The van der Waals surface area contributed by atoms with Gasteiger partial charge in [0.15, 0.2) is 0 Å². The van der Waals surface area contributed by atoms with E-state index in [1.54, 1.807) is 18.2 Å². The maximum atomic E-state index is 11.2. The van der Waals surface area contributed by atoms with E-state index < -0.39 is 5.97 Å². The molecular formula is C21H24ClN5O3. The smallest absolute Gasteiger partial charge is 0.307 e. The van der Waals surface area contributed by atoms with Crippen molar-refractivity contribution in [3.63, 3.8) is 0 Å². The van der Waals surface area contributed by atoms with E-state index in [-0.39, 0.29) is 18.3 Å². The van der Waals surface area contributed by atoms with Crippen molar-refractivity contribution < 1.29 is 14.7 Å². The predicted molar refractivity (Wildman–Crippen MR) is 117 cm³/mol. The molecule has 0 bridgehead atoms. The van der Waals surface area contributed by atoms with Crippen molar-refractivity contribution >= 4 is 29.8 Å². The average molecular weight is 430 g/mol. The molecule has 30 heavy (non-hydrogen) atoms. The Hall–Kier alpha value is -3.06. The molecule has 0 amide bonds. The van der Waals surface area contributed by atoms with E-state index in [0.717, 1.165) is 30.5 Å². The maximum Gasteiger partial charge on any atom is 0.307 e. The number of nitrogens with zero attached hydrogens (tertiary/aromatic N) is 5. The minimum atomic E-state index is -0.736. The highest BCUT2D eigenvalue weighted by molar-refractivity contribution is 6.12. The van der Waals surface area contributed by atoms with Crippen LogP contribution in [-0.2, 0) is 9.63 Å². The highest BCUT2D eigenvalue weighted by Crippen LogP contribution is 2.19. The lowest BCUT2D eigenvalue weighted by Crippen LogP contribution is -2.40. The van der Waals surface area contributed by atoms with Crippen LogP contribution in [0.15, 0.2) is 64.9 Å². The second-order valence-electron chi connectivity index (χ2n) is 6.86. The Bertz CT molecular complexity index is 916. The monoisotopic (exact) mass is 429 g/mol. The molecule has 1 aliphatic heterocycles. The summed E-state index contributed by atoms with van der Waals surface area (Å²) in [6.07, 6.45) is 1.60. The minimum absolute atomic E-state index is 0. The molecule has 0 radical (unpaired) electrons. The van der Waals surface area contributed by atoms with Crippen molar-refractivity contribution in [2.24, 2.45) is 16.2 Å². The molecule has 1 saturated heterocycles. The van der Waals surface area contributed by atoms with Gasteiger partial charge < -0.3 is 9.94 Å². The van der Waals surface area contributed by atoms with Gasteiger partial charge in [-0.15, -0.1) is 12.4 Å². The highest BCUT2D eigenvalue weighted by atomic mass is 35.5. The van der Waals surface area contributed by atoms with Gasteiger partial charge in [-0.05, 0) is 31.0 Å². The molecule has 0 aromatic heterocycles. The Morgan fingerprint density at radius 2 is 1.97 bits per heavy atom. The van der Waals surface area contributed by atoms with Crippen LogP contribution in [0.3, 0.4) is 0 Å². The first-order chi connectivity index (χ1) is 14.2. The molecule has 1 fully saturated rings. The molecule has 2 aromatic carbocycles. The van der Waals surface area contributed by atoms with Gasteiger partial charge in [0, 0.05) is 34.8 Å². The highest BCUT2D eigenvalue weighted by Gasteiger charge is 2.25. The van der Waals surface area contributed by atoms with E-state index in [1.807, 2.05) is 36.4 Å². The third-order valence-electron chi connectivity index (χ3n) is 4.84. The van der Waals surface area contributed by atoms with Crippen LogP contribution < -0.4 is 0 Å². The molecule has 2 aromatic rings. The summed E-state index contributed by atoms with van der Waals surface area (Å²) in [4.78, 5) is 21.7. The van der Waals surface area contributed by atoms with Gasteiger partial charge in [-0.2, -0.15) is 0 Å². The first kappa shape index (κ1) is 23.2. The van der Waals surface area contributed by atoms with Crippen LogP contribution in [0.1, 0.15) is 24.0 Å². The summed E-state index contributed by atoms with van der Waals surface area (Å²) >= 11 is 0. The standard InChI is InChI=1S/C21H23N5O3.ClH/c22-25-23-19-10-4-8-17(14-19)20(16-6-2-1-3-7-16)24-29-13-12-26-11-5-9-18(15-26)21(27)28;/h1-4,6-8,10,14,18H,5,9,11-13,15H2,(H,27,28);1H. The lowest BCUT2D eigenvalue weighted by molar-refractivity contribution is -0.143. The average Bonchev–Trinajstić information content (AvgIpc) is 2.75. The Morgan fingerprint density at radius 3 is 2.70 bits per heavy atom. The number of carboxylic acid groups (broad SMARTS) is 1. The van der Waals surface area contributed by atoms with Gasteiger partial charge in [-0.1, -0.05) is 58.8 Å². The number of rotatable bonds is 8. The predicted octanol–water partition coefficient (Wildman–Crippen LogP) is 4.62. The molecule has 0 spiro atoms. The van der Waals surface area contributed by atoms with Crippen molar-refractivity contribution in [2.45, 2.75) is 12.8 Å². The van der Waals surface area contributed by atoms with E-state index in [1.165, 1.54) is 0 Å². The summed E-state index contributed by atoms with van der Waals surface area (Å²) in [7, 11) is 0. The molecule has 1 heterocycles. The summed E-state index contributed by atoms with van der Waals surface area (Å²) in [6, 6.07) is 16.8. The fraction of sp³-hybridized carbons (Fsp3) is 0.333. The van der Waals surface area contributed by atoms with Crippen LogP contribution in [0.25, 0.3) is 10.4 Å². The van der Waals surface area contributed by atoms with Crippen LogP contribution in [0.5, 0.6) is 0 Å². The lowest BCUT2D eigenvalue weighted by Gasteiger charge is -2.29. The topological polar surface area (TPSA) is 111 Å². The van der Waals surface area contributed by atoms with Gasteiger partial charge in [0.25, 0.3) is 0 Å². The van der Waals surface area contributed by atoms with Crippen molar-refractivity contribution in [1.29, 1.82) is 0 Å². The second kappa shape index (κ2) is 11.8. The summed E-state index contributed by atoms with van der Waals surface area (Å²) < 4.78 is 0. The summed E-state index contributed by atoms with van der Waals surface area (Å²) in [5.41, 5.74) is 11.5. The van der Waals surface area contributed by atoms with Gasteiger partial charge in [-0.3, -0.25) is 9.69 Å². The molecule has 1 N–H and O–H groups in total. The number of carboxylic acids is 1. The molecule has 158 valence electrons. The Labute approximate surface area is 181 Å². The van der Waals surface area contributed by atoms with Crippen molar-refractivity contribution in [1.82, 2.24) is 4.90 Å². The fourth-order valence-electron chi connectivity index (χ4n) is 3.38. The quantitative estimate of drug-likeness (QED) is 0.165. The first-order valence-corrected chi connectivity index (χ1v) is 9.53. The third kappa shape index (κ3) is 6.49. The summed E-state index contributed by atoms with van der Waals surface area (Å²) in [5, 5.41) is 17.2. The third-order valence-corrected chi connectivity index (χ3v) is 4.84. The van der Waals surface area contributed by atoms with Crippen molar-refractivity contribution in [3.8, 4) is 0 Å². The number of hydrogen-bond acceptors (Lipinski definition) is 5. The molecule has 3 rings (SSSR count). The van der Waals surface area contributed by atoms with Gasteiger partial charge >= 0.3 is 5.97 Å². The Balaban J connectivity index is 0.00000320. The van der Waals surface area contributed by atoms with Crippen LogP contribution in [0, 0.1) is 5.92 Å². The van der Waals surface area contributed by atoms with Crippen LogP contribution >= 0.6 is 12.4 Å². The molecule has 9 heteroatoms. The molecule has 1 atom stereocenters. The molecule has 0 aliphatic carbocycles. The lowest BCUT2D eigenvalue weighted by atomic mass is 9.98. The number of oxime groups is 1. The van der Waals surface area contributed by atoms with E-state index in [4.69, 9.17) is 10.4 Å². The number of halogens is 1. The van der Waals surface area contributed by atoms with E-state index in [0.29, 0.717) is 31.1 Å². The molecule has 1 unspecified atom stereocenters. The molecule has 0 saturated carbocycles. The van der Waals surface area contributed by atoms with Gasteiger partial charge in [0.2, 0.25) is 0 Å². The Kier molecular flexibility index (Phi) is 9.15. The second-order valence-corrected chi connectivity index (χ2v) is 6.86. The van der Waals surface area contributed by atoms with E-state index in [9.17, 15) is 9.90 Å². The number of hydrogen-bond donors (Lipinski definition) is 1. The molecule has 1 aliphatic rings. The number of carbonyl (C=O) groups is 1. The first-order valence-electron chi connectivity index (χ1n) is 9.53. The summed E-state index contributed by atoms with van der Waals surface area (Å²) in [5.74, 6) is -1.05. The number of aliphatic carboxylic acids is 1. The zero-order valence-corrected chi connectivity index (χ0v) is 17.2. The number of azide groups is 1. The molecular weight excluding hydrogens is 406 g/mol. The van der Waals surface area contributed by atoms with Crippen LogP contribution in [-0.4, -0.2) is 47.9 Å². The molecule has 8 nitrogen and oxygen atoms in total. The number of likely N-dealkylation sites (tertiary alicyclic amines) is 1. The van der Waals surface area contributed by atoms with Gasteiger partial charge in [-0.25, -0.2) is 0 Å². The SMILES string of the molecule is Cl.[N-]=[N+]=Nc1cccc(C(=NOCCN2CCCC(C(=O)O)C2)c2ccccc2)c1. The van der Waals surface area contributed by atoms with Gasteiger partial charge in [0.05, 0.1) is 5.92 Å². The van der Waals surface area contributed by atoms with Crippen LogP contribution in [0.4, 0.5) is 5.69 Å². The minimum Gasteiger partial charge on any atom is -0.481 e. The van der Waals surface area contributed by atoms with E-state index in [2.05, 4.69) is 20.1 Å². The normalized spacial score (nSPS) is 16.8. The van der Waals surface area contributed by atoms with E-state index >= 15 is 0 Å². The van der Waals surface area contributed by atoms with Crippen LogP contribution in [0.2, 0.25) is 0 Å². The number of piperidine rings is 1. The summed E-state index contributed by atoms with van der Waals surface area (Å²) in [6.45, 7) is 2.39. The zero-order chi connectivity index (χ0) is 20.5. The number of benzene rings is 2. The van der Waals surface area contributed by atoms with Crippen molar-refractivity contribution in [2.75, 3.05) is 26.2 Å². The maximum absolute atomic E-state index is 11.2. The largest absolute Gasteiger partial charge is 0.481 e.